The van der Waals surface area contributed by atoms with Gasteiger partial charge >= 0.3 is 0 Å². The van der Waals surface area contributed by atoms with E-state index in [2.05, 4.69) is 15.3 Å². The molecule has 2 N–H and O–H groups in total. The molecule has 0 bridgehead atoms. The summed E-state index contributed by atoms with van der Waals surface area (Å²) in [7, 11) is 0. The fraction of sp³-hybridized carbons (Fsp3) is 0.176. The molecule has 1 aliphatic heterocycles. The summed E-state index contributed by atoms with van der Waals surface area (Å²) < 4.78 is 10.6. The summed E-state index contributed by atoms with van der Waals surface area (Å²) in [6, 6.07) is 11.4. The van der Waals surface area contributed by atoms with Gasteiger partial charge in [-0.05, 0) is 35.4 Å². The lowest BCUT2D eigenvalue weighted by molar-refractivity contribution is -0.120. The van der Waals surface area contributed by atoms with Crippen molar-refractivity contribution in [3.63, 3.8) is 0 Å². The SMILES string of the molecule is O=C(Cc1ccc2nc[nH]c2c1)NCc1ccc2c(c1)OCO2. The summed E-state index contributed by atoms with van der Waals surface area (Å²) in [5.41, 5.74) is 3.76. The molecular weight excluding hydrogens is 294 g/mol. The predicted molar refractivity (Wildman–Crippen MR) is 84.2 cm³/mol. The molecule has 0 aliphatic carbocycles. The second-order valence-electron chi connectivity index (χ2n) is 5.40. The maximum atomic E-state index is 12.1. The highest BCUT2D eigenvalue weighted by molar-refractivity contribution is 5.81. The van der Waals surface area contributed by atoms with E-state index in [1.807, 2.05) is 36.4 Å². The molecule has 2 aromatic carbocycles. The van der Waals surface area contributed by atoms with E-state index >= 15 is 0 Å². The minimum absolute atomic E-state index is 0.0264. The van der Waals surface area contributed by atoms with Gasteiger partial charge in [-0.3, -0.25) is 4.79 Å². The minimum Gasteiger partial charge on any atom is -0.454 e. The molecule has 0 unspecified atom stereocenters. The predicted octanol–water partition coefficient (Wildman–Crippen LogP) is 2.15. The molecule has 1 amide bonds. The number of fused-ring (bicyclic) bond motifs is 2. The van der Waals surface area contributed by atoms with Crippen LogP contribution in [0.25, 0.3) is 11.0 Å². The van der Waals surface area contributed by atoms with Crippen LogP contribution < -0.4 is 14.8 Å². The van der Waals surface area contributed by atoms with Crippen LogP contribution >= 0.6 is 0 Å². The first kappa shape index (κ1) is 13.6. The van der Waals surface area contributed by atoms with Crippen molar-refractivity contribution in [2.24, 2.45) is 0 Å². The number of benzene rings is 2. The number of rotatable bonds is 4. The van der Waals surface area contributed by atoms with Gasteiger partial charge in [-0.2, -0.15) is 0 Å². The van der Waals surface area contributed by atoms with Crippen molar-refractivity contribution in [1.29, 1.82) is 0 Å². The second kappa shape index (κ2) is 5.64. The van der Waals surface area contributed by atoms with Crippen LogP contribution in [0.4, 0.5) is 0 Å². The summed E-state index contributed by atoms with van der Waals surface area (Å²) in [5.74, 6) is 1.44. The van der Waals surface area contributed by atoms with Gasteiger partial charge in [-0.15, -0.1) is 0 Å². The van der Waals surface area contributed by atoms with Gasteiger partial charge in [0.25, 0.3) is 0 Å². The summed E-state index contributed by atoms with van der Waals surface area (Å²) in [4.78, 5) is 19.3. The van der Waals surface area contributed by atoms with Crippen molar-refractivity contribution < 1.29 is 14.3 Å². The number of carbonyl (C=O) groups is 1. The number of aromatic nitrogens is 2. The van der Waals surface area contributed by atoms with Gasteiger partial charge in [0.05, 0.1) is 23.8 Å². The Hall–Kier alpha value is -3.02. The average molecular weight is 309 g/mol. The van der Waals surface area contributed by atoms with Crippen molar-refractivity contribution in [1.82, 2.24) is 15.3 Å². The van der Waals surface area contributed by atoms with Crippen molar-refractivity contribution in [3.05, 3.63) is 53.9 Å². The van der Waals surface area contributed by atoms with Gasteiger partial charge in [0.15, 0.2) is 11.5 Å². The highest BCUT2D eigenvalue weighted by atomic mass is 16.7. The number of aromatic amines is 1. The number of nitrogens with one attached hydrogen (secondary N) is 2. The monoisotopic (exact) mass is 309 g/mol. The van der Waals surface area contributed by atoms with Crippen LogP contribution in [0.5, 0.6) is 11.5 Å². The fourth-order valence-corrected chi connectivity index (χ4v) is 2.59. The Morgan fingerprint density at radius 1 is 1.13 bits per heavy atom. The normalized spacial score (nSPS) is 12.5. The molecule has 6 heteroatoms. The minimum atomic E-state index is -0.0264. The number of nitrogens with zero attached hydrogens (tertiary/aromatic N) is 1. The van der Waals surface area contributed by atoms with Crippen molar-refractivity contribution in [2.75, 3.05) is 6.79 Å². The third-order valence-corrected chi connectivity index (χ3v) is 3.78. The molecule has 1 aromatic heterocycles. The molecule has 116 valence electrons. The average Bonchev–Trinajstić information content (AvgIpc) is 3.20. The molecule has 0 fully saturated rings. The van der Waals surface area contributed by atoms with Crippen LogP contribution in [0.15, 0.2) is 42.7 Å². The zero-order chi connectivity index (χ0) is 15.6. The first-order valence-corrected chi connectivity index (χ1v) is 7.35. The highest BCUT2D eigenvalue weighted by Gasteiger charge is 2.13. The van der Waals surface area contributed by atoms with Gasteiger partial charge in [-0.25, -0.2) is 4.98 Å². The van der Waals surface area contributed by atoms with E-state index in [-0.39, 0.29) is 12.7 Å². The topological polar surface area (TPSA) is 76.2 Å². The van der Waals surface area contributed by atoms with Gasteiger partial charge in [0, 0.05) is 6.54 Å². The van der Waals surface area contributed by atoms with E-state index in [0.717, 1.165) is 33.7 Å². The largest absolute Gasteiger partial charge is 0.454 e. The third kappa shape index (κ3) is 2.83. The first-order valence-electron chi connectivity index (χ1n) is 7.35. The van der Waals surface area contributed by atoms with Gasteiger partial charge in [-0.1, -0.05) is 12.1 Å². The molecule has 2 heterocycles. The molecular formula is C17H15N3O3. The van der Waals surface area contributed by atoms with Crippen molar-refractivity contribution >= 4 is 16.9 Å². The summed E-state index contributed by atoms with van der Waals surface area (Å²) in [6.07, 6.45) is 1.98. The smallest absolute Gasteiger partial charge is 0.231 e. The van der Waals surface area contributed by atoms with Crippen LogP contribution in [0, 0.1) is 0 Å². The Morgan fingerprint density at radius 3 is 2.96 bits per heavy atom. The van der Waals surface area contributed by atoms with Crippen LogP contribution in [-0.2, 0) is 17.8 Å². The summed E-state index contributed by atoms with van der Waals surface area (Å²) in [5, 5.41) is 2.92. The van der Waals surface area contributed by atoms with E-state index in [0.29, 0.717) is 13.0 Å². The number of ether oxygens (including phenoxy) is 2. The van der Waals surface area contributed by atoms with Crippen LogP contribution in [0.1, 0.15) is 11.1 Å². The molecule has 0 radical (unpaired) electrons. The number of imidazole rings is 1. The quantitative estimate of drug-likeness (QED) is 0.774. The number of hydrogen-bond acceptors (Lipinski definition) is 4. The maximum Gasteiger partial charge on any atom is 0.231 e. The Bertz CT molecular complexity index is 872. The summed E-state index contributed by atoms with van der Waals surface area (Å²) in [6.45, 7) is 0.711. The van der Waals surface area contributed by atoms with Crippen molar-refractivity contribution in [3.8, 4) is 11.5 Å². The Kier molecular flexibility index (Phi) is 3.34. The Balaban J connectivity index is 1.38. The summed E-state index contributed by atoms with van der Waals surface area (Å²) >= 11 is 0. The Labute approximate surface area is 132 Å². The van der Waals surface area contributed by atoms with E-state index in [1.165, 1.54) is 0 Å². The molecule has 4 rings (SSSR count). The van der Waals surface area contributed by atoms with Crippen molar-refractivity contribution in [2.45, 2.75) is 13.0 Å². The molecule has 0 saturated heterocycles. The molecule has 23 heavy (non-hydrogen) atoms. The molecule has 1 aliphatic rings. The van der Waals surface area contributed by atoms with E-state index < -0.39 is 0 Å². The van der Waals surface area contributed by atoms with Gasteiger partial charge in [0.2, 0.25) is 12.7 Å². The second-order valence-corrected chi connectivity index (χ2v) is 5.40. The number of carbonyl (C=O) groups excluding carboxylic acids is 1. The van der Waals surface area contributed by atoms with E-state index in [1.54, 1.807) is 6.33 Å². The molecule has 0 atom stereocenters. The molecule has 0 spiro atoms. The van der Waals surface area contributed by atoms with Gasteiger partial charge in [0.1, 0.15) is 0 Å². The number of H-pyrrole nitrogens is 1. The maximum absolute atomic E-state index is 12.1. The van der Waals surface area contributed by atoms with Crippen LogP contribution in [-0.4, -0.2) is 22.7 Å². The van der Waals surface area contributed by atoms with E-state index in [9.17, 15) is 4.79 Å². The molecule has 6 nitrogen and oxygen atoms in total. The molecule has 3 aromatic rings. The highest BCUT2D eigenvalue weighted by Crippen LogP contribution is 2.32. The molecule has 0 saturated carbocycles. The number of amides is 1. The van der Waals surface area contributed by atoms with Crippen LogP contribution in [0.3, 0.4) is 0 Å². The lowest BCUT2D eigenvalue weighted by atomic mass is 10.1. The van der Waals surface area contributed by atoms with Gasteiger partial charge < -0.3 is 19.8 Å². The lowest BCUT2D eigenvalue weighted by Gasteiger charge is -2.06. The Morgan fingerprint density at radius 2 is 2.00 bits per heavy atom. The third-order valence-electron chi connectivity index (χ3n) is 3.78. The lowest BCUT2D eigenvalue weighted by Crippen LogP contribution is -2.24. The fourth-order valence-electron chi connectivity index (χ4n) is 2.59. The van der Waals surface area contributed by atoms with E-state index in [4.69, 9.17) is 9.47 Å². The number of hydrogen-bond donors (Lipinski definition) is 2. The standard InChI is InChI=1S/C17H15N3O3/c21-17(7-11-1-3-13-14(5-11)20-9-19-13)18-8-12-2-4-15-16(6-12)23-10-22-15/h1-6,9H,7-8,10H2,(H,18,21)(H,19,20). The van der Waals surface area contributed by atoms with Crippen LogP contribution in [0.2, 0.25) is 0 Å². The zero-order valence-corrected chi connectivity index (χ0v) is 12.3. The first-order chi connectivity index (χ1) is 11.3. The zero-order valence-electron chi connectivity index (χ0n) is 12.3.